The Bertz CT molecular complexity index is 199. The van der Waals surface area contributed by atoms with Crippen molar-refractivity contribution in [2.45, 2.75) is 18.7 Å². The van der Waals surface area contributed by atoms with E-state index in [0.717, 1.165) is 5.69 Å². The molecule has 1 rings (SSSR count). The Hall–Kier alpha value is -0.630. The lowest BCUT2D eigenvalue weighted by atomic mass is 10.3. The van der Waals surface area contributed by atoms with Gasteiger partial charge in [0.15, 0.2) is 0 Å². The van der Waals surface area contributed by atoms with Gasteiger partial charge in [0.1, 0.15) is 0 Å². The fourth-order valence-corrected chi connectivity index (χ4v) is 1.11. The summed E-state index contributed by atoms with van der Waals surface area (Å²) in [4.78, 5) is 1.22. The van der Waals surface area contributed by atoms with E-state index in [1.165, 1.54) is 4.90 Å². The van der Waals surface area contributed by atoms with Crippen LogP contribution >= 0.6 is 11.8 Å². The van der Waals surface area contributed by atoms with Crippen LogP contribution in [0.1, 0.15) is 13.8 Å². The van der Waals surface area contributed by atoms with Gasteiger partial charge in [-0.2, -0.15) is 0 Å². The maximum absolute atomic E-state index is 5.52. The lowest BCUT2D eigenvalue weighted by Crippen LogP contribution is -1.82. The molecule has 0 fully saturated rings. The second-order valence-corrected chi connectivity index (χ2v) is 2.66. The summed E-state index contributed by atoms with van der Waals surface area (Å²) < 4.78 is 0. The molecule has 0 radical (unpaired) electrons. The minimum Gasteiger partial charge on any atom is -0.399 e. The monoisotopic (exact) mass is 169 g/mol. The maximum atomic E-state index is 5.52. The van der Waals surface area contributed by atoms with E-state index in [2.05, 4.69) is 0 Å². The summed E-state index contributed by atoms with van der Waals surface area (Å²) in [5.41, 5.74) is 6.36. The standard InChI is InChI=1S/C7H9NS.C2H6/c1-9-7-4-2-3-6(8)5-7;1-2/h2-5H,8H2,1H3;1-2H3. The molecule has 1 aromatic rings. The predicted molar refractivity (Wildman–Crippen MR) is 54.0 cm³/mol. The second-order valence-electron chi connectivity index (χ2n) is 1.78. The molecule has 62 valence electrons. The van der Waals surface area contributed by atoms with Crippen molar-refractivity contribution in [3.63, 3.8) is 0 Å². The summed E-state index contributed by atoms with van der Waals surface area (Å²) in [6, 6.07) is 7.85. The number of hydrogen-bond donors (Lipinski definition) is 1. The molecule has 0 atom stereocenters. The largest absolute Gasteiger partial charge is 0.399 e. The topological polar surface area (TPSA) is 26.0 Å². The van der Waals surface area contributed by atoms with Gasteiger partial charge in [-0.3, -0.25) is 0 Å². The van der Waals surface area contributed by atoms with Crippen molar-refractivity contribution in [3.05, 3.63) is 24.3 Å². The molecule has 2 N–H and O–H groups in total. The van der Waals surface area contributed by atoms with Gasteiger partial charge < -0.3 is 5.73 Å². The van der Waals surface area contributed by atoms with Crippen LogP contribution in [0.25, 0.3) is 0 Å². The van der Waals surface area contributed by atoms with Crippen LogP contribution < -0.4 is 5.73 Å². The molecule has 0 aromatic heterocycles. The van der Waals surface area contributed by atoms with E-state index in [0.29, 0.717) is 0 Å². The second kappa shape index (κ2) is 6.10. The highest BCUT2D eigenvalue weighted by Gasteiger charge is 1.86. The smallest absolute Gasteiger partial charge is 0.0325 e. The molecule has 11 heavy (non-hydrogen) atoms. The summed E-state index contributed by atoms with van der Waals surface area (Å²) in [5, 5.41) is 0. The minimum absolute atomic E-state index is 0.835. The molecule has 0 heterocycles. The van der Waals surface area contributed by atoms with Crippen molar-refractivity contribution in [3.8, 4) is 0 Å². The van der Waals surface area contributed by atoms with Gasteiger partial charge in [0.05, 0.1) is 0 Å². The summed E-state index contributed by atoms with van der Waals surface area (Å²) in [6.07, 6.45) is 2.04. The molecule has 0 aliphatic rings. The number of nitrogen functional groups attached to an aromatic ring is 1. The lowest BCUT2D eigenvalue weighted by Gasteiger charge is -1.94. The van der Waals surface area contributed by atoms with E-state index in [1.807, 2.05) is 44.4 Å². The highest BCUT2D eigenvalue weighted by Crippen LogP contribution is 2.16. The average Bonchev–Trinajstić information content (AvgIpc) is 2.08. The van der Waals surface area contributed by atoms with Crippen LogP contribution in [0.2, 0.25) is 0 Å². The van der Waals surface area contributed by atoms with Crippen LogP contribution in [0.4, 0.5) is 5.69 Å². The molecule has 1 nitrogen and oxygen atoms in total. The molecule has 0 bridgehead atoms. The van der Waals surface area contributed by atoms with Gasteiger partial charge in [-0.25, -0.2) is 0 Å². The first-order valence-corrected chi connectivity index (χ1v) is 4.95. The fraction of sp³-hybridized carbons (Fsp3) is 0.333. The van der Waals surface area contributed by atoms with Gasteiger partial charge in [-0.15, -0.1) is 11.8 Å². The van der Waals surface area contributed by atoms with Crippen molar-refractivity contribution in [2.75, 3.05) is 12.0 Å². The SMILES string of the molecule is CC.CSc1cccc(N)c1. The van der Waals surface area contributed by atoms with E-state index in [4.69, 9.17) is 5.73 Å². The van der Waals surface area contributed by atoms with Gasteiger partial charge in [-0.05, 0) is 24.5 Å². The Morgan fingerprint density at radius 2 is 1.91 bits per heavy atom. The molecule has 0 unspecified atom stereocenters. The van der Waals surface area contributed by atoms with E-state index in [1.54, 1.807) is 11.8 Å². The Balaban J connectivity index is 0.000000461. The van der Waals surface area contributed by atoms with E-state index >= 15 is 0 Å². The number of anilines is 1. The number of thioether (sulfide) groups is 1. The highest BCUT2D eigenvalue weighted by molar-refractivity contribution is 7.98. The fourth-order valence-electron chi connectivity index (χ4n) is 0.642. The molecular formula is C9H15NS. The van der Waals surface area contributed by atoms with Crippen molar-refractivity contribution in [2.24, 2.45) is 0 Å². The van der Waals surface area contributed by atoms with Crippen LogP contribution in [0.15, 0.2) is 29.2 Å². The van der Waals surface area contributed by atoms with Crippen LogP contribution in [0.3, 0.4) is 0 Å². The Labute approximate surface area is 73.0 Å². The molecule has 0 spiro atoms. The Morgan fingerprint density at radius 3 is 2.27 bits per heavy atom. The molecule has 1 aromatic carbocycles. The van der Waals surface area contributed by atoms with Crippen molar-refractivity contribution in [1.29, 1.82) is 0 Å². The molecule has 0 aliphatic carbocycles. The predicted octanol–water partition coefficient (Wildman–Crippen LogP) is 3.02. The summed E-state index contributed by atoms with van der Waals surface area (Å²) >= 11 is 1.70. The summed E-state index contributed by atoms with van der Waals surface area (Å²) in [6.45, 7) is 4.00. The number of benzene rings is 1. The highest BCUT2D eigenvalue weighted by atomic mass is 32.2. The Morgan fingerprint density at radius 1 is 1.27 bits per heavy atom. The first kappa shape index (κ1) is 10.4. The van der Waals surface area contributed by atoms with Crippen LogP contribution in [-0.2, 0) is 0 Å². The zero-order valence-electron chi connectivity index (χ0n) is 7.29. The molecular weight excluding hydrogens is 154 g/mol. The third kappa shape index (κ3) is 3.94. The van der Waals surface area contributed by atoms with E-state index < -0.39 is 0 Å². The first-order valence-electron chi connectivity index (χ1n) is 3.72. The normalized spacial score (nSPS) is 8.27. The molecule has 2 heteroatoms. The average molecular weight is 169 g/mol. The summed E-state index contributed by atoms with van der Waals surface area (Å²) in [5.74, 6) is 0. The van der Waals surface area contributed by atoms with E-state index in [9.17, 15) is 0 Å². The van der Waals surface area contributed by atoms with Crippen LogP contribution in [-0.4, -0.2) is 6.26 Å². The van der Waals surface area contributed by atoms with Crippen LogP contribution in [0.5, 0.6) is 0 Å². The third-order valence-corrected chi connectivity index (χ3v) is 1.82. The molecule has 0 aliphatic heterocycles. The number of hydrogen-bond acceptors (Lipinski definition) is 2. The first-order chi connectivity index (χ1) is 5.33. The van der Waals surface area contributed by atoms with Crippen molar-refractivity contribution in [1.82, 2.24) is 0 Å². The molecule has 0 amide bonds. The van der Waals surface area contributed by atoms with Gasteiger partial charge in [-0.1, -0.05) is 19.9 Å². The Kier molecular flexibility index (Phi) is 5.75. The van der Waals surface area contributed by atoms with Crippen LogP contribution in [0, 0.1) is 0 Å². The maximum Gasteiger partial charge on any atom is 0.0325 e. The number of rotatable bonds is 1. The zero-order chi connectivity index (χ0) is 8.69. The van der Waals surface area contributed by atoms with Crippen molar-refractivity contribution >= 4 is 17.4 Å². The quantitative estimate of drug-likeness (QED) is 0.516. The van der Waals surface area contributed by atoms with Crippen molar-refractivity contribution < 1.29 is 0 Å². The van der Waals surface area contributed by atoms with E-state index in [-0.39, 0.29) is 0 Å². The molecule has 0 saturated heterocycles. The lowest BCUT2D eigenvalue weighted by molar-refractivity contribution is 1.47. The minimum atomic E-state index is 0.835. The third-order valence-electron chi connectivity index (χ3n) is 1.09. The summed E-state index contributed by atoms with van der Waals surface area (Å²) in [7, 11) is 0. The zero-order valence-corrected chi connectivity index (χ0v) is 8.11. The van der Waals surface area contributed by atoms with Gasteiger partial charge >= 0.3 is 0 Å². The van der Waals surface area contributed by atoms with Gasteiger partial charge in [0.2, 0.25) is 0 Å². The van der Waals surface area contributed by atoms with Gasteiger partial charge in [0, 0.05) is 10.6 Å². The van der Waals surface area contributed by atoms with Gasteiger partial charge in [0.25, 0.3) is 0 Å². The number of nitrogens with two attached hydrogens (primary N) is 1. The molecule has 0 saturated carbocycles.